The highest BCUT2D eigenvalue weighted by atomic mass is 32.2. The summed E-state index contributed by atoms with van der Waals surface area (Å²) in [6, 6.07) is 13.7. The molecular formula is C21H26N3O2S2+. The van der Waals surface area contributed by atoms with E-state index in [4.69, 9.17) is 9.72 Å². The average Bonchev–Trinajstić information content (AvgIpc) is 3.11. The zero-order valence-electron chi connectivity index (χ0n) is 16.7. The first-order chi connectivity index (χ1) is 13.5. The largest absolute Gasteiger partial charge is 0.497 e. The van der Waals surface area contributed by atoms with Gasteiger partial charge in [-0.25, -0.2) is 4.98 Å². The van der Waals surface area contributed by atoms with E-state index in [1.807, 2.05) is 42.5 Å². The van der Waals surface area contributed by atoms with Gasteiger partial charge in [-0.2, -0.15) is 0 Å². The summed E-state index contributed by atoms with van der Waals surface area (Å²) in [7, 11) is 5.83. The number of ether oxygens (including phenoxy) is 1. The van der Waals surface area contributed by atoms with E-state index < -0.39 is 0 Å². The van der Waals surface area contributed by atoms with E-state index in [1.54, 1.807) is 23.8 Å². The highest BCUT2D eigenvalue weighted by molar-refractivity contribution is 7.99. The van der Waals surface area contributed by atoms with Gasteiger partial charge in [0.25, 0.3) is 5.91 Å². The number of methoxy groups -OCH3 is 1. The zero-order valence-corrected chi connectivity index (χ0v) is 18.3. The minimum absolute atomic E-state index is 0.00850. The molecule has 0 fully saturated rings. The quantitative estimate of drug-likeness (QED) is 0.573. The number of thioether (sulfide) groups is 1. The second-order valence-corrected chi connectivity index (χ2v) is 9.05. The molecule has 7 heteroatoms. The Balaban J connectivity index is 1.96. The molecule has 3 rings (SSSR count). The summed E-state index contributed by atoms with van der Waals surface area (Å²) in [6.07, 6.45) is 0. The number of rotatable bonds is 8. The molecule has 0 unspecified atom stereocenters. The third-order valence-electron chi connectivity index (χ3n) is 4.29. The summed E-state index contributed by atoms with van der Waals surface area (Å²) >= 11 is 3.26. The number of anilines is 1. The lowest BCUT2D eigenvalue weighted by Crippen LogP contribution is -3.06. The number of nitrogens with one attached hydrogen (secondary N) is 1. The molecular weight excluding hydrogens is 390 g/mol. The lowest BCUT2D eigenvalue weighted by Gasteiger charge is -2.21. The van der Waals surface area contributed by atoms with Crippen LogP contribution in [0.4, 0.5) is 5.13 Å². The normalized spacial score (nSPS) is 11.2. The lowest BCUT2D eigenvalue weighted by atomic mass is 10.2. The molecule has 3 aromatic rings. The zero-order chi connectivity index (χ0) is 20.1. The predicted octanol–water partition coefficient (Wildman–Crippen LogP) is 3.21. The molecule has 0 saturated carbocycles. The van der Waals surface area contributed by atoms with Crippen molar-refractivity contribution in [3.8, 4) is 5.75 Å². The van der Waals surface area contributed by atoms with E-state index in [0.29, 0.717) is 12.1 Å². The summed E-state index contributed by atoms with van der Waals surface area (Å²) in [5.74, 6) is 1.76. The average molecular weight is 417 g/mol. The molecule has 0 aliphatic rings. The third kappa shape index (κ3) is 4.84. The van der Waals surface area contributed by atoms with Gasteiger partial charge in [-0.05, 0) is 42.2 Å². The van der Waals surface area contributed by atoms with Crippen molar-refractivity contribution in [2.45, 2.75) is 11.8 Å². The van der Waals surface area contributed by atoms with Crippen LogP contribution in [0, 0.1) is 0 Å². The number of carbonyl (C=O) groups is 1. The summed E-state index contributed by atoms with van der Waals surface area (Å²) in [5, 5.41) is 0.725. The number of hydrogen-bond acceptors (Lipinski definition) is 5. The van der Waals surface area contributed by atoms with Crippen LogP contribution in [0.15, 0.2) is 47.4 Å². The molecule has 0 saturated heterocycles. The van der Waals surface area contributed by atoms with Gasteiger partial charge >= 0.3 is 0 Å². The first-order valence-corrected chi connectivity index (χ1v) is 11.1. The molecule has 1 N–H and O–H groups in total. The van der Waals surface area contributed by atoms with Crippen LogP contribution in [0.3, 0.4) is 0 Å². The smallest absolute Gasteiger partial charge is 0.260 e. The van der Waals surface area contributed by atoms with Crippen molar-refractivity contribution < 1.29 is 14.4 Å². The summed E-state index contributed by atoms with van der Waals surface area (Å²) in [4.78, 5) is 22.3. The van der Waals surface area contributed by atoms with Crippen LogP contribution < -0.4 is 14.5 Å². The number of fused-ring (bicyclic) bond motifs is 1. The van der Waals surface area contributed by atoms with Gasteiger partial charge in [0.2, 0.25) is 0 Å². The molecule has 5 nitrogen and oxygen atoms in total. The van der Waals surface area contributed by atoms with Crippen LogP contribution in [0.1, 0.15) is 17.3 Å². The molecule has 2 aromatic carbocycles. The van der Waals surface area contributed by atoms with E-state index in [2.05, 4.69) is 21.0 Å². The Kier molecular flexibility index (Phi) is 6.93. The Morgan fingerprint density at radius 2 is 2.07 bits per heavy atom. The minimum Gasteiger partial charge on any atom is -0.497 e. The van der Waals surface area contributed by atoms with E-state index in [-0.39, 0.29) is 5.91 Å². The second kappa shape index (κ2) is 9.41. The van der Waals surface area contributed by atoms with Gasteiger partial charge in [0.1, 0.15) is 5.75 Å². The molecule has 0 radical (unpaired) electrons. The number of amides is 1. The van der Waals surface area contributed by atoms with Crippen molar-refractivity contribution in [3.05, 3.63) is 48.0 Å². The van der Waals surface area contributed by atoms with E-state index in [1.165, 1.54) is 16.2 Å². The Morgan fingerprint density at radius 1 is 1.25 bits per heavy atom. The number of carbonyl (C=O) groups excluding carboxylic acids is 1. The molecule has 28 heavy (non-hydrogen) atoms. The monoisotopic (exact) mass is 416 g/mol. The number of quaternary nitrogens is 1. The van der Waals surface area contributed by atoms with Crippen molar-refractivity contribution >= 4 is 44.4 Å². The molecule has 0 aliphatic heterocycles. The van der Waals surface area contributed by atoms with Gasteiger partial charge in [-0.15, -0.1) is 11.8 Å². The fraction of sp³-hybridized carbons (Fsp3) is 0.333. The Hall–Kier alpha value is -2.09. The first kappa shape index (κ1) is 20.6. The molecule has 0 atom stereocenters. The van der Waals surface area contributed by atoms with Crippen LogP contribution in [0.5, 0.6) is 5.75 Å². The SMILES string of the molecule is CCSc1cccc(C(=O)N(CC[NH+](C)C)c2nc3ccc(OC)cc3s2)c1. The number of nitrogens with zero attached hydrogens (tertiary/aromatic N) is 2. The van der Waals surface area contributed by atoms with Gasteiger partial charge < -0.3 is 9.64 Å². The molecule has 0 aliphatic carbocycles. The number of benzene rings is 2. The lowest BCUT2D eigenvalue weighted by molar-refractivity contribution is -0.856. The van der Waals surface area contributed by atoms with Gasteiger partial charge in [-0.3, -0.25) is 9.69 Å². The van der Waals surface area contributed by atoms with E-state index in [0.717, 1.165) is 38.3 Å². The molecule has 1 heterocycles. The number of hydrogen-bond donors (Lipinski definition) is 1. The topological polar surface area (TPSA) is 46.9 Å². The van der Waals surface area contributed by atoms with Crippen LogP contribution in [-0.4, -0.2) is 50.9 Å². The molecule has 1 aromatic heterocycles. The highest BCUT2D eigenvalue weighted by Crippen LogP contribution is 2.32. The van der Waals surface area contributed by atoms with Crippen molar-refractivity contribution in [2.24, 2.45) is 0 Å². The molecule has 1 amide bonds. The van der Waals surface area contributed by atoms with E-state index in [9.17, 15) is 4.79 Å². The maximum Gasteiger partial charge on any atom is 0.260 e. The van der Waals surface area contributed by atoms with Crippen molar-refractivity contribution in [1.29, 1.82) is 0 Å². The standard InChI is InChI=1S/C21H25N3O2S2/c1-5-27-17-8-6-7-15(13-17)20(25)24(12-11-23(2)3)21-22-18-10-9-16(26-4)14-19(18)28-21/h6-10,13-14H,5,11-12H2,1-4H3/p+1. The van der Waals surface area contributed by atoms with Crippen molar-refractivity contribution in [3.63, 3.8) is 0 Å². The Bertz CT molecular complexity index is 956. The van der Waals surface area contributed by atoms with E-state index >= 15 is 0 Å². The molecule has 148 valence electrons. The molecule has 0 spiro atoms. The highest BCUT2D eigenvalue weighted by Gasteiger charge is 2.22. The van der Waals surface area contributed by atoms with Gasteiger partial charge in [0, 0.05) is 10.5 Å². The van der Waals surface area contributed by atoms with Gasteiger partial charge in [0.05, 0.1) is 44.5 Å². The molecule has 0 bridgehead atoms. The van der Waals surface area contributed by atoms with Crippen LogP contribution in [0.25, 0.3) is 10.2 Å². The maximum absolute atomic E-state index is 13.4. The second-order valence-electron chi connectivity index (χ2n) is 6.70. The minimum atomic E-state index is -0.00850. The van der Waals surface area contributed by atoms with Crippen LogP contribution >= 0.6 is 23.1 Å². The number of thiazole rings is 1. The fourth-order valence-electron chi connectivity index (χ4n) is 2.80. The van der Waals surface area contributed by atoms with Crippen LogP contribution in [0.2, 0.25) is 0 Å². The summed E-state index contributed by atoms with van der Waals surface area (Å²) in [6.45, 7) is 3.57. The van der Waals surface area contributed by atoms with Gasteiger partial charge in [-0.1, -0.05) is 24.3 Å². The number of aromatic nitrogens is 1. The third-order valence-corrected chi connectivity index (χ3v) is 6.20. The Labute approximate surface area is 174 Å². The fourth-order valence-corrected chi connectivity index (χ4v) is 4.53. The maximum atomic E-state index is 13.4. The summed E-state index contributed by atoms with van der Waals surface area (Å²) < 4.78 is 6.33. The van der Waals surface area contributed by atoms with Crippen molar-refractivity contribution in [2.75, 3.05) is 44.9 Å². The summed E-state index contributed by atoms with van der Waals surface area (Å²) in [5.41, 5.74) is 1.58. The number of likely N-dealkylation sites (N-methyl/N-ethyl adjacent to an activating group) is 1. The van der Waals surface area contributed by atoms with Crippen LogP contribution in [-0.2, 0) is 0 Å². The first-order valence-electron chi connectivity index (χ1n) is 9.30. The predicted molar refractivity (Wildman–Crippen MR) is 118 cm³/mol. The Morgan fingerprint density at radius 3 is 2.79 bits per heavy atom. The van der Waals surface area contributed by atoms with Crippen molar-refractivity contribution in [1.82, 2.24) is 4.98 Å². The van der Waals surface area contributed by atoms with Gasteiger partial charge in [0.15, 0.2) is 5.13 Å².